The van der Waals surface area contributed by atoms with E-state index in [0.29, 0.717) is 63.5 Å². The number of pyridine rings is 1. The summed E-state index contributed by atoms with van der Waals surface area (Å²) >= 11 is 1.42. The second-order valence-electron chi connectivity index (χ2n) is 19.4. The molecule has 4 aliphatic rings. The maximum Gasteiger partial charge on any atom is 0.324 e. The molecule has 0 aliphatic carbocycles. The Labute approximate surface area is 385 Å². The van der Waals surface area contributed by atoms with Gasteiger partial charge < -0.3 is 34.6 Å². The Hall–Kier alpha value is -5.39. The molecule has 0 saturated carbocycles. The lowest BCUT2D eigenvalue weighted by molar-refractivity contribution is -0.155. The number of carbonyl (C=O) groups excluding carboxylic acids is 5. The van der Waals surface area contributed by atoms with Gasteiger partial charge in [-0.15, -0.1) is 11.3 Å². The summed E-state index contributed by atoms with van der Waals surface area (Å²) in [5, 5.41) is 11.2. The highest BCUT2D eigenvalue weighted by molar-refractivity contribution is 7.10. The summed E-state index contributed by atoms with van der Waals surface area (Å²) in [6.07, 6.45) is 3.59. The van der Waals surface area contributed by atoms with Crippen LogP contribution >= 0.6 is 11.3 Å². The third-order valence-corrected chi connectivity index (χ3v) is 14.0. The normalized spacial score (nSPS) is 21.9. The number of hydrogen-bond acceptors (Lipinski definition) is 11. The van der Waals surface area contributed by atoms with Gasteiger partial charge in [0.15, 0.2) is 0 Å². The number of aryl methyl sites for hydroxylation is 1. The molecule has 16 nitrogen and oxygen atoms in total. The van der Waals surface area contributed by atoms with Crippen molar-refractivity contribution in [3.05, 3.63) is 58.2 Å². The number of cyclic esters (lactones) is 1. The van der Waals surface area contributed by atoms with E-state index in [0.717, 1.165) is 51.2 Å². The zero-order valence-electron chi connectivity index (χ0n) is 39.0. The number of rotatable bonds is 8. The van der Waals surface area contributed by atoms with Crippen LogP contribution in [-0.4, -0.2) is 141 Å². The molecule has 65 heavy (non-hydrogen) atoms. The predicted molar refractivity (Wildman–Crippen MR) is 250 cm³/mol. The molecule has 3 N–H and O–H groups in total. The number of nitrogens with one attached hydrogen (secondary N) is 3. The first-order valence-corrected chi connectivity index (χ1v) is 24.1. The number of ether oxygens (including phenoxy) is 1. The van der Waals surface area contributed by atoms with Crippen LogP contribution in [0.3, 0.4) is 0 Å². The van der Waals surface area contributed by atoms with Crippen LogP contribution in [0.5, 0.6) is 0 Å². The first-order chi connectivity index (χ1) is 31.0. The minimum absolute atomic E-state index is 0.0508. The molecule has 3 saturated heterocycles. The number of amides is 5. The van der Waals surface area contributed by atoms with Crippen molar-refractivity contribution in [2.75, 3.05) is 52.9 Å². The van der Waals surface area contributed by atoms with E-state index < -0.39 is 41.3 Å². The van der Waals surface area contributed by atoms with Gasteiger partial charge in [0.25, 0.3) is 5.91 Å². The molecule has 6 bridgehead atoms. The number of nitrogens with zero attached hydrogens (tertiary/aromatic N) is 7. The topological polar surface area (TPSA) is 184 Å². The van der Waals surface area contributed by atoms with Gasteiger partial charge in [-0.25, -0.2) is 15.2 Å². The van der Waals surface area contributed by atoms with Crippen molar-refractivity contribution < 1.29 is 28.7 Å². The van der Waals surface area contributed by atoms with Crippen LogP contribution in [0.25, 0.3) is 33.4 Å². The average molecular weight is 909 g/mol. The van der Waals surface area contributed by atoms with Gasteiger partial charge in [-0.05, 0) is 67.9 Å². The molecule has 7 heterocycles. The maximum atomic E-state index is 14.6. The van der Waals surface area contributed by atoms with E-state index in [1.54, 1.807) is 16.8 Å². The van der Waals surface area contributed by atoms with Gasteiger partial charge >= 0.3 is 12.0 Å². The zero-order valence-corrected chi connectivity index (χ0v) is 39.8. The maximum absolute atomic E-state index is 14.6. The standard InChI is InChI=1S/C48H64N10O6S/c1-9-57-38-15-14-30-22-32(38)33(42(57)31-12-10-16-49-40(31)28(2)3)24-48(6,7)27-64-46(62)34-13-11-17-58(53-34)45(61)35(23-39-51-37(30)26-65-39)52-43(59)41(29(4)5)54(8)47(63)56-20-18-55(19-21-56)44(60)36-25-50-36/h10,12,14-16,22,26,28-29,34-36,41,50,53H,9,11,13,17-21,23-25,27H2,1-8H3,(H,52,59)/t34-,35-,36-,41-/m0/s1. The Morgan fingerprint density at radius 2 is 1.78 bits per heavy atom. The highest BCUT2D eigenvalue weighted by atomic mass is 32.1. The molecule has 17 heteroatoms. The lowest BCUT2D eigenvalue weighted by Gasteiger charge is -2.39. The summed E-state index contributed by atoms with van der Waals surface area (Å²) in [5.74, 6) is -1.38. The Bertz CT molecular complexity index is 2450. The first-order valence-electron chi connectivity index (χ1n) is 23.2. The van der Waals surface area contributed by atoms with Crippen LogP contribution in [0.4, 0.5) is 4.79 Å². The van der Waals surface area contributed by atoms with E-state index in [4.69, 9.17) is 14.7 Å². The molecule has 0 unspecified atom stereocenters. The van der Waals surface area contributed by atoms with Gasteiger partial charge in [0.2, 0.25) is 11.8 Å². The number of hydrazine groups is 1. The minimum atomic E-state index is -1.07. The fraction of sp³-hybridized carbons (Fsp3) is 0.562. The van der Waals surface area contributed by atoms with E-state index in [9.17, 15) is 24.0 Å². The smallest absolute Gasteiger partial charge is 0.324 e. The van der Waals surface area contributed by atoms with Crippen molar-refractivity contribution in [3.8, 4) is 22.5 Å². The molecular weight excluding hydrogens is 845 g/mol. The molecule has 0 radical (unpaired) electrons. The molecule has 5 amide bonds. The molecule has 4 atom stereocenters. The summed E-state index contributed by atoms with van der Waals surface area (Å²) in [7, 11) is 1.61. The highest BCUT2D eigenvalue weighted by Gasteiger charge is 2.40. The molecule has 348 valence electrons. The van der Waals surface area contributed by atoms with Crippen LogP contribution in [0.15, 0.2) is 41.9 Å². The summed E-state index contributed by atoms with van der Waals surface area (Å²) in [6.45, 7) is 17.9. The Kier molecular flexibility index (Phi) is 13.4. The molecule has 1 aromatic carbocycles. The van der Waals surface area contributed by atoms with Crippen molar-refractivity contribution in [1.82, 2.24) is 50.3 Å². The fourth-order valence-electron chi connectivity index (χ4n) is 9.69. The number of hydrogen-bond donors (Lipinski definition) is 3. The fourth-order valence-corrected chi connectivity index (χ4v) is 10.5. The number of benzene rings is 1. The largest absolute Gasteiger partial charge is 0.464 e. The lowest BCUT2D eigenvalue weighted by atomic mass is 9.84. The summed E-state index contributed by atoms with van der Waals surface area (Å²) in [6, 6.07) is 7.39. The summed E-state index contributed by atoms with van der Waals surface area (Å²) in [5.41, 5.74) is 9.81. The highest BCUT2D eigenvalue weighted by Crippen LogP contribution is 2.42. The van der Waals surface area contributed by atoms with Crippen LogP contribution < -0.4 is 16.1 Å². The van der Waals surface area contributed by atoms with Gasteiger partial charge in [0.1, 0.15) is 18.1 Å². The van der Waals surface area contributed by atoms with Crippen LogP contribution in [0, 0.1) is 11.3 Å². The van der Waals surface area contributed by atoms with Crippen molar-refractivity contribution in [3.63, 3.8) is 0 Å². The first kappa shape index (κ1) is 46.2. The quantitative estimate of drug-likeness (QED) is 0.164. The second-order valence-corrected chi connectivity index (χ2v) is 20.3. The predicted octanol–water partition coefficient (Wildman–Crippen LogP) is 4.81. The Morgan fingerprint density at radius 1 is 1.05 bits per heavy atom. The Morgan fingerprint density at radius 3 is 2.48 bits per heavy atom. The third-order valence-electron chi connectivity index (χ3n) is 13.2. The average Bonchev–Trinajstić information content (AvgIpc) is 3.97. The molecule has 8 rings (SSSR count). The number of carbonyl (C=O) groups is 5. The van der Waals surface area contributed by atoms with E-state index >= 15 is 0 Å². The molecule has 3 fully saturated rings. The van der Waals surface area contributed by atoms with Crippen molar-refractivity contribution >= 4 is 52.0 Å². The van der Waals surface area contributed by atoms with Crippen LogP contribution in [-0.2, 0) is 43.3 Å². The van der Waals surface area contributed by atoms with E-state index in [1.807, 2.05) is 31.5 Å². The minimum Gasteiger partial charge on any atom is -0.464 e. The van der Waals surface area contributed by atoms with Crippen molar-refractivity contribution in [2.24, 2.45) is 11.3 Å². The van der Waals surface area contributed by atoms with E-state index in [2.05, 4.69) is 79.5 Å². The molecular formula is C48H64N10O6S. The number of fused-ring (bicyclic) bond motifs is 6. The number of piperazine rings is 1. The lowest BCUT2D eigenvalue weighted by Crippen LogP contribution is -2.63. The van der Waals surface area contributed by atoms with Crippen molar-refractivity contribution in [2.45, 2.75) is 111 Å². The SMILES string of the molecule is CCn1c(-c2cccnc2C(C)C)c2c3cc(ccc31)-c1csc(n1)C[C@H](NC(=O)[C@H](C(C)C)N(C)C(=O)N1CCN(C(=O)[C@@H]3CN3)CC1)C(=O)N1CCC[C@H](N1)C(=O)OCC(C)(C)C2. The van der Waals surface area contributed by atoms with Crippen LogP contribution in [0.1, 0.15) is 83.5 Å². The second kappa shape index (κ2) is 18.8. The number of aromatic nitrogens is 3. The van der Waals surface area contributed by atoms with Gasteiger partial charge in [-0.1, -0.05) is 47.6 Å². The Balaban J connectivity index is 1.12. The number of esters is 1. The van der Waals surface area contributed by atoms with Crippen molar-refractivity contribution in [1.29, 1.82) is 0 Å². The monoisotopic (exact) mass is 908 g/mol. The zero-order chi connectivity index (χ0) is 46.3. The van der Waals surface area contributed by atoms with Gasteiger partial charge in [0, 0.05) is 98.3 Å². The van der Waals surface area contributed by atoms with Gasteiger partial charge in [0.05, 0.1) is 34.7 Å². The molecule has 4 aromatic rings. The van der Waals surface area contributed by atoms with E-state index in [-0.39, 0.29) is 42.8 Å². The summed E-state index contributed by atoms with van der Waals surface area (Å²) in [4.78, 5) is 84.4. The molecule has 3 aromatic heterocycles. The van der Waals surface area contributed by atoms with Gasteiger partial charge in [-0.2, -0.15) is 0 Å². The van der Waals surface area contributed by atoms with Crippen LogP contribution in [0.2, 0.25) is 0 Å². The third kappa shape index (κ3) is 9.64. The summed E-state index contributed by atoms with van der Waals surface area (Å²) < 4.78 is 8.48. The van der Waals surface area contributed by atoms with Gasteiger partial charge in [-0.3, -0.25) is 29.2 Å². The van der Waals surface area contributed by atoms with E-state index in [1.165, 1.54) is 21.2 Å². The molecule has 4 aliphatic heterocycles. The number of urea groups is 1. The number of thiazole rings is 1. The molecule has 0 spiro atoms. The number of likely N-dealkylation sites (N-methyl/N-ethyl adjacent to an activating group) is 1.